The summed E-state index contributed by atoms with van der Waals surface area (Å²) in [4.78, 5) is 23.2. The number of benzene rings is 1. The van der Waals surface area contributed by atoms with Crippen molar-refractivity contribution >= 4 is 21.7 Å². The second-order valence-electron chi connectivity index (χ2n) is 6.34. The maximum atomic E-state index is 12.6. The lowest BCUT2D eigenvalue weighted by atomic mass is 10.0. The molecule has 0 fully saturated rings. The predicted molar refractivity (Wildman–Crippen MR) is 101 cm³/mol. The molecule has 1 amide bonds. The van der Waals surface area contributed by atoms with Gasteiger partial charge in [-0.1, -0.05) is 19.1 Å². The molecule has 0 aliphatic carbocycles. The number of carbonyl (C=O) groups excluding carboxylic acids is 1. The quantitative estimate of drug-likeness (QED) is 0.830. The molecule has 1 atom stereocenters. The van der Waals surface area contributed by atoms with Gasteiger partial charge in [-0.15, -0.1) is 0 Å². The molecule has 2 rings (SSSR count). The van der Waals surface area contributed by atoms with E-state index in [-0.39, 0.29) is 16.8 Å². The van der Waals surface area contributed by atoms with E-state index in [4.69, 9.17) is 0 Å². The van der Waals surface area contributed by atoms with Gasteiger partial charge < -0.3 is 10.2 Å². The van der Waals surface area contributed by atoms with E-state index in [1.807, 2.05) is 21.0 Å². The van der Waals surface area contributed by atoms with Gasteiger partial charge in [0.05, 0.1) is 22.2 Å². The normalized spacial score (nSPS) is 12.5. The minimum atomic E-state index is -3.24. The zero-order chi connectivity index (χ0) is 19.5. The summed E-state index contributed by atoms with van der Waals surface area (Å²) in [6.45, 7) is 3.72. The van der Waals surface area contributed by atoms with Crippen molar-refractivity contribution in [1.82, 2.24) is 15.3 Å². The van der Waals surface area contributed by atoms with E-state index in [2.05, 4.69) is 15.3 Å². The number of aromatic nitrogens is 2. The average molecular weight is 376 g/mol. The SMILES string of the molecule is CCC(NC(=O)c1cnc(N(C)C)nc1C)c1ccc(S(C)(=O)=O)cc1. The Morgan fingerprint density at radius 1 is 1.23 bits per heavy atom. The molecule has 0 spiro atoms. The molecule has 0 saturated carbocycles. The molecule has 0 saturated heterocycles. The van der Waals surface area contributed by atoms with Crippen molar-refractivity contribution in [1.29, 1.82) is 0 Å². The van der Waals surface area contributed by atoms with E-state index in [0.29, 0.717) is 23.6 Å². The fourth-order valence-corrected chi connectivity index (χ4v) is 3.13. The Kier molecular flexibility index (Phi) is 5.97. The molecule has 1 aromatic heterocycles. The zero-order valence-corrected chi connectivity index (χ0v) is 16.5. The number of aryl methyl sites for hydroxylation is 1. The van der Waals surface area contributed by atoms with Gasteiger partial charge in [0.25, 0.3) is 5.91 Å². The summed E-state index contributed by atoms with van der Waals surface area (Å²) in [5, 5.41) is 2.97. The zero-order valence-electron chi connectivity index (χ0n) is 15.6. The molecule has 1 unspecified atom stereocenters. The van der Waals surface area contributed by atoms with Crippen molar-refractivity contribution in [2.24, 2.45) is 0 Å². The third kappa shape index (κ3) is 4.57. The van der Waals surface area contributed by atoms with Crippen LogP contribution in [-0.2, 0) is 9.84 Å². The van der Waals surface area contributed by atoms with Crippen LogP contribution in [0.2, 0.25) is 0 Å². The van der Waals surface area contributed by atoms with Crippen LogP contribution in [-0.4, -0.2) is 44.6 Å². The molecular weight excluding hydrogens is 352 g/mol. The van der Waals surface area contributed by atoms with Crippen molar-refractivity contribution in [3.8, 4) is 0 Å². The third-order valence-electron chi connectivity index (χ3n) is 4.04. The minimum absolute atomic E-state index is 0.232. The van der Waals surface area contributed by atoms with Crippen molar-refractivity contribution in [2.75, 3.05) is 25.3 Å². The number of anilines is 1. The van der Waals surface area contributed by atoms with Gasteiger partial charge in [0.1, 0.15) is 0 Å². The van der Waals surface area contributed by atoms with Gasteiger partial charge in [-0.3, -0.25) is 4.79 Å². The number of amides is 1. The molecule has 0 radical (unpaired) electrons. The predicted octanol–water partition coefficient (Wildman–Crippen LogP) is 2.14. The van der Waals surface area contributed by atoms with Gasteiger partial charge in [0.15, 0.2) is 9.84 Å². The van der Waals surface area contributed by atoms with Gasteiger partial charge in [-0.25, -0.2) is 18.4 Å². The van der Waals surface area contributed by atoms with Gasteiger partial charge in [0.2, 0.25) is 5.95 Å². The van der Waals surface area contributed by atoms with Crippen LogP contribution in [0.4, 0.5) is 5.95 Å². The van der Waals surface area contributed by atoms with Crippen LogP contribution in [0.15, 0.2) is 35.4 Å². The number of sulfone groups is 1. The first-order chi connectivity index (χ1) is 12.1. The first-order valence-electron chi connectivity index (χ1n) is 8.25. The number of rotatable bonds is 6. The van der Waals surface area contributed by atoms with E-state index in [0.717, 1.165) is 5.56 Å². The molecule has 1 N–H and O–H groups in total. The Bertz CT molecular complexity index is 893. The summed E-state index contributed by atoms with van der Waals surface area (Å²) in [5.74, 6) is 0.286. The van der Waals surface area contributed by atoms with Gasteiger partial charge in [-0.2, -0.15) is 0 Å². The molecule has 0 aliphatic heterocycles. The van der Waals surface area contributed by atoms with Gasteiger partial charge in [-0.05, 0) is 31.0 Å². The number of hydrogen-bond donors (Lipinski definition) is 1. The Labute approximate surface area is 154 Å². The molecule has 0 aliphatic rings. The van der Waals surface area contributed by atoms with E-state index < -0.39 is 9.84 Å². The van der Waals surface area contributed by atoms with E-state index in [1.165, 1.54) is 12.5 Å². The minimum Gasteiger partial charge on any atom is -0.347 e. The lowest BCUT2D eigenvalue weighted by molar-refractivity contribution is 0.0934. The fraction of sp³-hybridized carbons (Fsp3) is 0.389. The third-order valence-corrected chi connectivity index (χ3v) is 5.16. The van der Waals surface area contributed by atoms with Crippen LogP contribution >= 0.6 is 0 Å². The van der Waals surface area contributed by atoms with E-state index >= 15 is 0 Å². The second kappa shape index (κ2) is 7.82. The van der Waals surface area contributed by atoms with Crippen molar-refractivity contribution < 1.29 is 13.2 Å². The maximum Gasteiger partial charge on any atom is 0.255 e. The molecule has 8 heteroatoms. The number of nitrogens with one attached hydrogen (secondary N) is 1. The average Bonchev–Trinajstić information content (AvgIpc) is 2.58. The fourth-order valence-electron chi connectivity index (χ4n) is 2.50. The molecule has 1 heterocycles. The van der Waals surface area contributed by atoms with Crippen LogP contribution < -0.4 is 10.2 Å². The smallest absolute Gasteiger partial charge is 0.255 e. The molecule has 140 valence electrons. The molecular formula is C18H24N4O3S. The summed E-state index contributed by atoms with van der Waals surface area (Å²) < 4.78 is 23.1. The highest BCUT2D eigenvalue weighted by atomic mass is 32.2. The van der Waals surface area contributed by atoms with Crippen LogP contribution in [0.1, 0.15) is 41.0 Å². The number of carbonyl (C=O) groups is 1. The van der Waals surface area contributed by atoms with Gasteiger partial charge in [0, 0.05) is 26.5 Å². The van der Waals surface area contributed by atoms with E-state index in [1.54, 1.807) is 36.1 Å². The Morgan fingerprint density at radius 2 is 1.85 bits per heavy atom. The largest absolute Gasteiger partial charge is 0.347 e. The topological polar surface area (TPSA) is 92.3 Å². The molecule has 7 nitrogen and oxygen atoms in total. The Balaban J connectivity index is 2.21. The van der Waals surface area contributed by atoms with Crippen LogP contribution in [0, 0.1) is 6.92 Å². The van der Waals surface area contributed by atoms with Crippen LogP contribution in [0.3, 0.4) is 0 Å². The van der Waals surface area contributed by atoms with Crippen LogP contribution in [0.25, 0.3) is 0 Å². The number of nitrogens with zero attached hydrogens (tertiary/aromatic N) is 3. The summed E-state index contributed by atoms with van der Waals surface area (Å²) in [5.41, 5.74) is 1.86. The standard InChI is InChI=1S/C18H24N4O3S/c1-6-16(13-7-9-14(10-8-13)26(5,24)25)21-17(23)15-11-19-18(22(3)4)20-12(15)2/h7-11,16H,6H2,1-5H3,(H,21,23). The second-order valence-corrected chi connectivity index (χ2v) is 8.35. The first kappa shape index (κ1) is 19.8. The van der Waals surface area contributed by atoms with Crippen molar-refractivity contribution in [2.45, 2.75) is 31.2 Å². The number of hydrogen-bond acceptors (Lipinski definition) is 6. The summed E-state index contributed by atoms with van der Waals surface area (Å²) >= 11 is 0. The van der Waals surface area contributed by atoms with Crippen molar-refractivity contribution in [3.05, 3.63) is 47.3 Å². The molecule has 1 aromatic carbocycles. The molecule has 0 bridgehead atoms. The summed E-state index contributed by atoms with van der Waals surface area (Å²) in [7, 11) is 0.428. The lowest BCUT2D eigenvalue weighted by Gasteiger charge is -2.19. The lowest BCUT2D eigenvalue weighted by Crippen LogP contribution is -2.29. The highest BCUT2D eigenvalue weighted by Crippen LogP contribution is 2.20. The molecule has 2 aromatic rings. The molecule has 26 heavy (non-hydrogen) atoms. The summed E-state index contributed by atoms with van der Waals surface area (Å²) in [6, 6.07) is 6.33. The van der Waals surface area contributed by atoms with Crippen molar-refractivity contribution in [3.63, 3.8) is 0 Å². The van der Waals surface area contributed by atoms with Crippen LogP contribution in [0.5, 0.6) is 0 Å². The highest BCUT2D eigenvalue weighted by Gasteiger charge is 2.18. The highest BCUT2D eigenvalue weighted by molar-refractivity contribution is 7.90. The van der Waals surface area contributed by atoms with E-state index in [9.17, 15) is 13.2 Å². The Morgan fingerprint density at radius 3 is 2.31 bits per heavy atom. The Hall–Kier alpha value is -2.48. The monoisotopic (exact) mass is 376 g/mol. The maximum absolute atomic E-state index is 12.6. The summed E-state index contributed by atoms with van der Waals surface area (Å²) in [6.07, 6.45) is 3.35. The van der Waals surface area contributed by atoms with Gasteiger partial charge >= 0.3 is 0 Å². The first-order valence-corrected chi connectivity index (χ1v) is 10.1.